The Morgan fingerprint density at radius 3 is 1.89 bits per heavy atom. The summed E-state index contributed by atoms with van der Waals surface area (Å²) in [6.45, 7) is 7.90. The van der Waals surface area contributed by atoms with Gasteiger partial charge in [-0.15, -0.1) is 0 Å². The number of oxazole rings is 2. The van der Waals surface area contributed by atoms with Crippen molar-refractivity contribution in [3.63, 3.8) is 0 Å². The standard InChI is InChI=1S/C36H40N12O7/c1-5-22-28(54-18(3)41-22)33(51)45-35-43-24-14-20(30(38)49)16-26(53-13-9-10-37)27(24)47(35)11-7-8-12-48-32-25(15-21(17-40-32)31(39)50)44-36(48)46-34(52)29-23(6-2)42-19(4)55-29/h7-8,14-17H,5-6,9-13,37H2,1-4H3,(H2,38,49)(H2,39,50)(H,43,45,51)(H,44,46,52)/b8-7+. The van der Waals surface area contributed by atoms with Gasteiger partial charge in [-0.3, -0.25) is 34.4 Å². The third-order valence-corrected chi connectivity index (χ3v) is 8.45. The van der Waals surface area contributed by atoms with E-state index in [0.717, 1.165) is 0 Å². The Labute approximate surface area is 313 Å². The van der Waals surface area contributed by atoms with Gasteiger partial charge >= 0.3 is 0 Å². The fourth-order valence-electron chi connectivity index (χ4n) is 5.89. The van der Waals surface area contributed by atoms with E-state index in [1.165, 1.54) is 24.4 Å². The molecule has 0 unspecified atom stereocenters. The van der Waals surface area contributed by atoms with Gasteiger partial charge in [0.15, 0.2) is 17.4 Å². The van der Waals surface area contributed by atoms with Crippen LogP contribution in [0.4, 0.5) is 11.9 Å². The maximum atomic E-state index is 13.5. The van der Waals surface area contributed by atoms with Gasteiger partial charge in [0.2, 0.25) is 35.2 Å². The normalized spacial score (nSPS) is 11.5. The molecule has 0 fully saturated rings. The smallest absolute Gasteiger partial charge is 0.295 e. The van der Waals surface area contributed by atoms with E-state index in [0.29, 0.717) is 76.9 Å². The molecule has 0 radical (unpaired) electrons. The van der Waals surface area contributed by atoms with Crippen LogP contribution in [0, 0.1) is 13.8 Å². The maximum Gasteiger partial charge on any atom is 0.295 e. The molecule has 19 heteroatoms. The van der Waals surface area contributed by atoms with E-state index in [2.05, 4.69) is 35.6 Å². The summed E-state index contributed by atoms with van der Waals surface area (Å²) in [6, 6.07) is 4.51. The third-order valence-electron chi connectivity index (χ3n) is 8.45. The van der Waals surface area contributed by atoms with Crippen molar-refractivity contribution in [3.8, 4) is 5.75 Å². The number of hydrogen-bond donors (Lipinski definition) is 5. The van der Waals surface area contributed by atoms with Crippen LogP contribution in [0.5, 0.6) is 5.75 Å². The number of amides is 4. The lowest BCUT2D eigenvalue weighted by atomic mass is 10.1. The molecule has 0 saturated heterocycles. The summed E-state index contributed by atoms with van der Waals surface area (Å²) in [5, 5.41) is 5.61. The first kappa shape index (κ1) is 37.9. The van der Waals surface area contributed by atoms with Crippen LogP contribution in [0.2, 0.25) is 0 Å². The predicted molar refractivity (Wildman–Crippen MR) is 200 cm³/mol. The first-order valence-electron chi connectivity index (χ1n) is 17.5. The number of fused-ring (bicyclic) bond motifs is 2. The SMILES string of the molecule is CCc1nc(C)oc1C(=O)Nc1nc2cc(C(N)=O)cnc2n1C/C=C/Cn1c(NC(=O)c2oc(C)nc2CC)nc2cc(C(N)=O)cc(OCCCN)c21. The Morgan fingerprint density at radius 2 is 1.33 bits per heavy atom. The first-order chi connectivity index (χ1) is 26.4. The molecular weight excluding hydrogens is 712 g/mol. The monoisotopic (exact) mass is 752 g/mol. The minimum Gasteiger partial charge on any atom is -0.491 e. The van der Waals surface area contributed by atoms with Gasteiger partial charge in [0.05, 0.1) is 29.1 Å². The van der Waals surface area contributed by atoms with Crippen LogP contribution in [-0.2, 0) is 25.9 Å². The highest BCUT2D eigenvalue weighted by Gasteiger charge is 2.24. The minimum absolute atomic E-state index is 0.0477. The number of rotatable bonds is 16. The van der Waals surface area contributed by atoms with E-state index in [1.807, 2.05) is 13.8 Å². The van der Waals surface area contributed by atoms with Crippen LogP contribution in [0.25, 0.3) is 22.2 Å². The van der Waals surface area contributed by atoms with Gasteiger partial charge in [-0.05, 0) is 44.0 Å². The lowest BCUT2D eigenvalue weighted by molar-refractivity contribution is 0.0985. The zero-order valence-electron chi connectivity index (χ0n) is 30.6. The van der Waals surface area contributed by atoms with Gasteiger partial charge in [-0.2, -0.15) is 0 Å². The van der Waals surface area contributed by atoms with Crippen LogP contribution in [-0.4, -0.2) is 70.8 Å². The second-order valence-electron chi connectivity index (χ2n) is 12.3. The van der Waals surface area contributed by atoms with Gasteiger partial charge in [0, 0.05) is 38.7 Å². The molecular formula is C36H40N12O7. The molecule has 0 aliphatic carbocycles. The number of allylic oxidation sites excluding steroid dienone is 2. The molecule has 6 rings (SSSR count). The maximum absolute atomic E-state index is 13.5. The average molecular weight is 753 g/mol. The van der Waals surface area contributed by atoms with Gasteiger partial charge in [0.1, 0.15) is 16.8 Å². The molecule has 4 amide bonds. The van der Waals surface area contributed by atoms with Crippen molar-refractivity contribution >= 4 is 57.7 Å². The fraction of sp³-hybridized carbons (Fsp3) is 0.306. The molecule has 0 spiro atoms. The zero-order valence-corrected chi connectivity index (χ0v) is 30.6. The number of carbonyl (C=O) groups is 4. The van der Waals surface area contributed by atoms with Crippen molar-refractivity contribution in [1.29, 1.82) is 0 Å². The number of primary amides is 2. The molecule has 0 saturated carbocycles. The number of pyridine rings is 1. The number of ether oxygens (including phenoxy) is 1. The third kappa shape index (κ3) is 7.91. The largest absolute Gasteiger partial charge is 0.491 e. The summed E-state index contributed by atoms with van der Waals surface area (Å²) in [7, 11) is 0. The number of benzene rings is 1. The van der Waals surface area contributed by atoms with E-state index >= 15 is 0 Å². The zero-order chi connectivity index (χ0) is 39.4. The molecule has 5 heterocycles. The molecule has 5 aromatic heterocycles. The van der Waals surface area contributed by atoms with Crippen molar-refractivity contribution in [2.24, 2.45) is 17.2 Å². The van der Waals surface area contributed by atoms with Crippen LogP contribution in [0.15, 0.2) is 45.4 Å². The molecule has 55 heavy (non-hydrogen) atoms. The van der Waals surface area contributed by atoms with Crippen molar-refractivity contribution < 1.29 is 32.7 Å². The second-order valence-corrected chi connectivity index (χ2v) is 12.3. The Kier molecular flexibility index (Phi) is 11.0. The van der Waals surface area contributed by atoms with E-state index in [9.17, 15) is 19.2 Å². The number of imidazole rings is 2. The summed E-state index contributed by atoms with van der Waals surface area (Å²) in [5.41, 5.74) is 19.6. The highest BCUT2D eigenvalue weighted by atomic mass is 16.5. The highest BCUT2D eigenvalue weighted by molar-refractivity contribution is 6.05. The quantitative estimate of drug-likeness (QED) is 0.0702. The summed E-state index contributed by atoms with van der Waals surface area (Å²) in [4.78, 5) is 73.3. The van der Waals surface area contributed by atoms with Crippen molar-refractivity contribution in [3.05, 3.63) is 82.4 Å². The van der Waals surface area contributed by atoms with Gasteiger partial charge < -0.3 is 35.3 Å². The average Bonchev–Trinajstić information content (AvgIpc) is 3.92. The number of aromatic nitrogens is 7. The second kappa shape index (κ2) is 16.0. The highest BCUT2D eigenvalue weighted by Crippen LogP contribution is 2.32. The Balaban J connectivity index is 1.38. The van der Waals surface area contributed by atoms with Gasteiger partial charge in [-0.25, -0.2) is 24.9 Å². The molecule has 1 aromatic carbocycles. The fourth-order valence-corrected chi connectivity index (χ4v) is 5.89. The number of nitrogens with one attached hydrogen (secondary N) is 2. The summed E-state index contributed by atoms with van der Waals surface area (Å²) in [6.07, 6.45) is 6.37. The first-order valence-corrected chi connectivity index (χ1v) is 17.5. The molecule has 0 atom stereocenters. The van der Waals surface area contributed by atoms with E-state index in [4.69, 9.17) is 30.8 Å². The molecule has 0 bridgehead atoms. The number of nitrogens with two attached hydrogens (primary N) is 3. The number of nitrogens with zero attached hydrogens (tertiary/aromatic N) is 7. The number of hydrogen-bond acceptors (Lipinski definition) is 13. The summed E-state index contributed by atoms with van der Waals surface area (Å²) < 4.78 is 20.6. The summed E-state index contributed by atoms with van der Waals surface area (Å²) in [5.74, 6) is -1.17. The van der Waals surface area contributed by atoms with Crippen LogP contribution >= 0.6 is 0 Å². The Hall–Kier alpha value is -6.89. The number of anilines is 2. The lowest BCUT2D eigenvalue weighted by Gasteiger charge is -2.12. The van der Waals surface area contributed by atoms with E-state index in [-0.39, 0.29) is 54.2 Å². The molecule has 0 aliphatic heterocycles. The predicted octanol–water partition coefficient (Wildman–Crippen LogP) is 3.19. The Morgan fingerprint density at radius 1 is 0.782 bits per heavy atom. The van der Waals surface area contributed by atoms with Crippen LogP contribution in [0.3, 0.4) is 0 Å². The molecule has 0 aliphatic rings. The van der Waals surface area contributed by atoms with Gasteiger partial charge in [-0.1, -0.05) is 26.0 Å². The van der Waals surface area contributed by atoms with Crippen LogP contribution in [0.1, 0.15) is 85.3 Å². The van der Waals surface area contributed by atoms with Crippen LogP contribution < -0.4 is 32.6 Å². The molecule has 8 N–H and O–H groups in total. The van der Waals surface area contributed by atoms with E-state index in [1.54, 1.807) is 35.1 Å². The van der Waals surface area contributed by atoms with E-state index < -0.39 is 23.6 Å². The van der Waals surface area contributed by atoms with Crippen molar-refractivity contribution in [2.45, 2.75) is 60.0 Å². The lowest BCUT2D eigenvalue weighted by Crippen LogP contribution is -2.17. The Bertz CT molecular complexity index is 2470. The number of carbonyl (C=O) groups excluding carboxylic acids is 4. The topological polar surface area (TPSA) is 280 Å². The minimum atomic E-state index is -0.688. The molecule has 19 nitrogen and oxygen atoms in total. The summed E-state index contributed by atoms with van der Waals surface area (Å²) >= 11 is 0. The van der Waals surface area contributed by atoms with Crippen molar-refractivity contribution in [1.82, 2.24) is 34.1 Å². The van der Waals surface area contributed by atoms with Crippen molar-refractivity contribution in [2.75, 3.05) is 23.8 Å². The molecule has 286 valence electrons. The van der Waals surface area contributed by atoms with Gasteiger partial charge in [0.25, 0.3) is 11.8 Å². The number of aryl methyl sites for hydroxylation is 4. The molecule has 6 aromatic rings.